The molecule has 0 amide bonds. The molecule has 2 N–H and O–H groups in total. The third-order valence-corrected chi connectivity index (χ3v) is 2.07. The van der Waals surface area contributed by atoms with Crippen molar-refractivity contribution in [2.75, 3.05) is 6.54 Å². The third kappa shape index (κ3) is 4.23. The second-order valence-corrected chi connectivity index (χ2v) is 3.46. The Balaban J connectivity index is 2.37. The lowest BCUT2D eigenvalue weighted by Crippen LogP contribution is -2.13. The van der Waals surface area contributed by atoms with E-state index in [-0.39, 0.29) is 5.82 Å². The first-order valence-electron chi connectivity index (χ1n) is 4.95. The van der Waals surface area contributed by atoms with Crippen LogP contribution in [0.1, 0.15) is 11.1 Å². The summed E-state index contributed by atoms with van der Waals surface area (Å²) >= 11 is 0. The van der Waals surface area contributed by atoms with Crippen molar-refractivity contribution in [1.82, 2.24) is 5.32 Å². The molecule has 0 aliphatic rings. The predicted octanol–water partition coefficient (Wildman–Crippen LogP) is 1.86. The molecule has 16 heavy (non-hydrogen) atoms. The average Bonchev–Trinajstić information content (AvgIpc) is 2.22. The first kappa shape index (κ1) is 12.4. The van der Waals surface area contributed by atoms with Gasteiger partial charge in [0, 0.05) is 19.2 Å². The zero-order valence-corrected chi connectivity index (χ0v) is 9.03. The van der Waals surface area contributed by atoms with Crippen LogP contribution in [0.3, 0.4) is 0 Å². The van der Waals surface area contributed by atoms with Crippen LogP contribution in [0, 0.1) is 12.7 Å². The Morgan fingerprint density at radius 1 is 1.56 bits per heavy atom. The Labute approximate surface area is 93.6 Å². The number of carbonyl (C=O) groups is 1. The highest BCUT2D eigenvalue weighted by atomic mass is 19.1. The number of carboxylic acid groups (broad SMARTS) is 1. The van der Waals surface area contributed by atoms with E-state index in [2.05, 4.69) is 5.32 Å². The van der Waals surface area contributed by atoms with Crippen molar-refractivity contribution in [3.63, 3.8) is 0 Å². The van der Waals surface area contributed by atoms with E-state index in [0.717, 1.165) is 11.6 Å². The maximum absolute atomic E-state index is 12.9. The van der Waals surface area contributed by atoms with Crippen LogP contribution in [0.25, 0.3) is 0 Å². The van der Waals surface area contributed by atoms with E-state index in [1.807, 2.05) is 0 Å². The fraction of sp³-hybridized carbons (Fsp3) is 0.250. The number of carboxylic acids is 1. The highest BCUT2D eigenvalue weighted by Crippen LogP contribution is 2.08. The molecule has 0 saturated carbocycles. The van der Waals surface area contributed by atoms with Gasteiger partial charge in [0.1, 0.15) is 5.82 Å². The fourth-order valence-corrected chi connectivity index (χ4v) is 1.28. The van der Waals surface area contributed by atoms with Crippen molar-refractivity contribution < 1.29 is 14.3 Å². The Bertz CT molecular complexity index is 402. The molecule has 0 spiro atoms. The molecule has 0 heterocycles. The summed E-state index contributed by atoms with van der Waals surface area (Å²) < 4.78 is 12.9. The highest BCUT2D eigenvalue weighted by Gasteiger charge is 1.97. The Hall–Kier alpha value is -1.68. The lowest BCUT2D eigenvalue weighted by Gasteiger charge is -2.03. The van der Waals surface area contributed by atoms with Gasteiger partial charge >= 0.3 is 5.97 Å². The molecule has 1 rings (SSSR count). The third-order valence-electron chi connectivity index (χ3n) is 2.07. The van der Waals surface area contributed by atoms with Crippen molar-refractivity contribution in [2.24, 2.45) is 0 Å². The summed E-state index contributed by atoms with van der Waals surface area (Å²) in [5.41, 5.74) is 1.59. The van der Waals surface area contributed by atoms with Crippen LogP contribution in [0.15, 0.2) is 30.4 Å². The highest BCUT2D eigenvalue weighted by molar-refractivity contribution is 5.79. The standard InChI is InChI=1S/C12H14FNO2/c1-9-7-10(4-5-11(9)13)8-14-6-2-3-12(15)16/h2-5,7,14H,6,8H2,1H3,(H,15,16)/b3-2+. The van der Waals surface area contributed by atoms with Gasteiger partial charge in [-0.25, -0.2) is 9.18 Å². The molecular formula is C12H14FNO2. The van der Waals surface area contributed by atoms with E-state index in [4.69, 9.17) is 5.11 Å². The summed E-state index contributed by atoms with van der Waals surface area (Å²) in [7, 11) is 0. The second kappa shape index (κ2) is 6.02. The van der Waals surface area contributed by atoms with Crippen LogP contribution in [-0.2, 0) is 11.3 Å². The van der Waals surface area contributed by atoms with Gasteiger partial charge in [0.2, 0.25) is 0 Å². The average molecular weight is 223 g/mol. The molecule has 0 fully saturated rings. The number of hydrogen-bond acceptors (Lipinski definition) is 2. The Morgan fingerprint density at radius 2 is 2.31 bits per heavy atom. The molecule has 0 bridgehead atoms. The van der Waals surface area contributed by atoms with Gasteiger partial charge in [-0.2, -0.15) is 0 Å². The van der Waals surface area contributed by atoms with Crippen LogP contribution in [0.5, 0.6) is 0 Å². The molecule has 0 aliphatic heterocycles. The molecule has 0 unspecified atom stereocenters. The monoisotopic (exact) mass is 223 g/mol. The minimum atomic E-state index is -0.959. The molecule has 0 aromatic heterocycles. The maximum atomic E-state index is 12.9. The zero-order valence-electron chi connectivity index (χ0n) is 9.03. The van der Waals surface area contributed by atoms with Gasteiger partial charge in [-0.05, 0) is 24.1 Å². The molecule has 0 radical (unpaired) electrons. The van der Waals surface area contributed by atoms with Crippen molar-refractivity contribution in [3.8, 4) is 0 Å². The molecule has 1 aromatic carbocycles. The molecule has 1 aromatic rings. The normalized spacial score (nSPS) is 10.9. The molecule has 0 atom stereocenters. The van der Waals surface area contributed by atoms with E-state index in [9.17, 15) is 9.18 Å². The number of aryl methyl sites for hydroxylation is 1. The lowest BCUT2D eigenvalue weighted by atomic mass is 10.1. The van der Waals surface area contributed by atoms with Crippen molar-refractivity contribution in [2.45, 2.75) is 13.5 Å². The van der Waals surface area contributed by atoms with E-state index < -0.39 is 5.97 Å². The number of rotatable bonds is 5. The van der Waals surface area contributed by atoms with Crippen LogP contribution >= 0.6 is 0 Å². The number of halogens is 1. The largest absolute Gasteiger partial charge is 0.478 e. The molecular weight excluding hydrogens is 209 g/mol. The van der Waals surface area contributed by atoms with Crippen LogP contribution in [0.2, 0.25) is 0 Å². The minimum Gasteiger partial charge on any atom is -0.478 e. The van der Waals surface area contributed by atoms with E-state index in [1.54, 1.807) is 19.1 Å². The number of aliphatic carboxylic acids is 1. The second-order valence-electron chi connectivity index (χ2n) is 3.46. The Kier molecular flexibility index (Phi) is 4.66. The summed E-state index contributed by atoms with van der Waals surface area (Å²) in [4.78, 5) is 10.2. The molecule has 4 heteroatoms. The summed E-state index contributed by atoms with van der Waals surface area (Å²) in [6, 6.07) is 4.90. The summed E-state index contributed by atoms with van der Waals surface area (Å²) in [6.07, 6.45) is 2.61. The first-order chi connectivity index (χ1) is 7.59. The minimum absolute atomic E-state index is 0.213. The summed E-state index contributed by atoms with van der Waals surface area (Å²) in [6.45, 7) is 2.77. The van der Waals surface area contributed by atoms with Gasteiger partial charge < -0.3 is 10.4 Å². The van der Waals surface area contributed by atoms with E-state index >= 15 is 0 Å². The maximum Gasteiger partial charge on any atom is 0.328 e. The SMILES string of the molecule is Cc1cc(CNC/C=C/C(=O)O)ccc1F. The van der Waals surface area contributed by atoms with Crippen LogP contribution < -0.4 is 5.32 Å². The van der Waals surface area contributed by atoms with Crippen LogP contribution in [0.4, 0.5) is 4.39 Å². The topological polar surface area (TPSA) is 49.3 Å². The predicted molar refractivity (Wildman–Crippen MR) is 59.6 cm³/mol. The summed E-state index contributed by atoms with van der Waals surface area (Å²) in [5, 5.41) is 11.4. The van der Waals surface area contributed by atoms with Crippen molar-refractivity contribution in [3.05, 3.63) is 47.3 Å². The van der Waals surface area contributed by atoms with Gasteiger partial charge in [-0.1, -0.05) is 18.2 Å². The van der Waals surface area contributed by atoms with Gasteiger partial charge in [-0.15, -0.1) is 0 Å². The van der Waals surface area contributed by atoms with Crippen molar-refractivity contribution in [1.29, 1.82) is 0 Å². The Morgan fingerprint density at radius 3 is 2.94 bits per heavy atom. The van der Waals surface area contributed by atoms with Crippen molar-refractivity contribution >= 4 is 5.97 Å². The zero-order chi connectivity index (χ0) is 12.0. The number of benzene rings is 1. The molecule has 0 saturated heterocycles. The molecule has 86 valence electrons. The van der Waals surface area contributed by atoms with E-state index in [1.165, 1.54) is 12.1 Å². The smallest absolute Gasteiger partial charge is 0.328 e. The quantitative estimate of drug-likeness (QED) is 0.591. The fourth-order valence-electron chi connectivity index (χ4n) is 1.28. The van der Waals surface area contributed by atoms with Gasteiger partial charge in [-0.3, -0.25) is 0 Å². The first-order valence-corrected chi connectivity index (χ1v) is 4.95. The number of hydrogen-bond donors (Lipinski definition) is 2. The summed E-state index contributed by atoms with van der Waals surface area (Å²) in [5.74, 6) is -1.17. The molecule has 0 aliphatic carbocycles. The lowest BCUT2D eigenvalue weighted by molar-refractivity contribution is -0.131. The van der Waals surface area contributed by atoms with Gasteiger partial charge in [0.25, 0.3) is 0 Å². The van der Waals surface area contributed by atoms with Crippen LogP contribution in [-0.4, -0.2) is 17.6 Å². The van der Waals surface area contributed by atoms with E-state index in [0.29, 0.717) is 18.7 Å². The van der Waals surface area contributed by atoms with Gasteiger partial charge in [0.15, 0.2) is 0 Å². The van der Waals surface area contributed by atoms with Gasteiger partial charge in [0.05, 0.1) is 0 Å². The number of nitrogens with one attached hydrogen (secondary N) is 1. The molecule has 3 nitrogen and oxygen atoms in total.